The monoisotopic (exact) mass is 223 g/mol. The summed E-state index contributed by atoms with van der Waals surface area (Å²) in [6.45, 7) is 4.50. The number of anilines is 1. The third-order valence-electron chi connectivity index (χ3n) is 2.23. The van der Waals surface area contributed by atoms with E-state index in [1.165, 1.54) is 0 Å². The van der Waals surface area contributed by atoms with Crippen molar-refractivity contribution in [3.05, 3.63) is 18.1 Å². The second-order valence-electron chi connectivity index (χ2n) is 3.99. The van der Waals surface area contributed by atoms with Crippen LogP contribution in [-0.4, -0.2) is 34.6 Å². The molecule has 1 rings (SSSR count). The third kappa shape index (κ3) is 3.49. The molecule has 88 valence electrons. The van der Waals surface area contributed by atoms with Crippen molar-refractivity contribution in [3.8, 4) is 0 Å². The fraction of sp³-hybridized carbons (Fsp3) is 0.545. The van der Waals surface area contributed by atoms with Crippen LogP contribution in [0.4, 0.5) is 5.82 Å². The maximum atomic E-state index is 10.5. The van der Waals surface area contributed by atoms with Gasteiger partial charge in [-0.1, -0.05) is 13.8 Å². The van der Waals surface area contributed by atoms with Gasteiger partial charge in [0.2, 0.25) is 0 Å². The van der Waals surface area contributed by atoms with Crippen LogP contribution < -0.4 is 4.90 Å². The molecule has 0 spiro atoms. The van der Waals surface area contributed by atoms with E-state index in [1.54, 1.807) is 12.3 Å². The SMILES string of the molecule is CC(C)c1nccc(N(C)CCC(=O)O)n1. The minimum absolute atomic E-state index is 0.109. The summed E-state index contributed by atoms with van der Waals surface area (Å²) >= 11 is 0. The minimum Gasteiger partial charge on any atom is -0.481 e. The lowest BCUT2D eigenvalue weighted by Crippen LogP contribution is -2.22. The number of carboxylic acid groups (broad SMARTS) is 1. The topological polar surface area (TPSA) is 66.3 Å². The Kier molecular flexibility index (Phi) is 4.22. The summed E-state index contributed by atoms with van der Waals surface area (Å²) in [6.07, 6.45) is 1.81. The summed E-state index contributed by atoms with van der Waals surface area (Å²) < 4.78 is 0. The quantitative estimate of drug-likeness (QED) is 0.819. The highest BCUT2D eigenvalue weighted by Gasteiger charge is 2.08. The highest BCUT2D eigenvalue weighted by molar-refractivity contribution is 5.67. The molecule has 1 N–H and O–H groups in total. The maximum Gasteiger partial charge on any atom is 0.305 e. The molecular weight excluding hydrogens is 206 g/mol. The standard InChI is InChI=1S/C11H17N3O2/c1-8(2)11-12-6-4-9(13-11)14(3)7-5-10(15)16/h4,6,8H,5,7H2,1-3H3,(H,15,16). The summed E-state index contributed by atoms with van der Waals surface area (Å²) in [6, 6.07) is 1.79. The number of aliphatic carboxylic acids is 1. The van der Waals surface area contributed by atoms with Gasteiger partial charge in [-0.05, 0) is 6.07 Å². The molecule has 1 aromatic rings. The molecule has 0 aliphatic carbocycles. The Morgan fingerprint density at radius 1 is 1.56 bits per heavy atom. The fourth-order valence-corrected chi connectivity index (χ4v) is 1.23. The zero-order chi connectivity index (χ0) is 12.1. The van der Waals surface area contributed by atoms with Crippen LogP contribution in [0.2, 0.25) is 0 Å². The average molecular weight is 223 g/mol. The van der Waals surface area contributed by atoms with E-state index >= 15 is 0 Å². The number of carbonyl (C=O) groups is 1. The number of carboxylic acids is 1. The number of hydrogen-bond donors (Lipinski definition) is 1. The van der Waals surface area contributed by atoms with Crippen molar-refractivity contribution >= 4 is 11.8 Å². The molecule has 0 bridgehead atoms. The Balaban J connectivity index is 2.71. The van der Waals surface area contributed by atoms with E-state index in [0.717, 1.165) is 11.6 Å². The smallest absolute Gasteiger partial charge is 0.305 e. The van der Waals surface area contributed by atoms with Crippen molar-refractivity contribution in [3.63, 3.8) is 0 Å². The van der Waals surface area contributed by atoms with Gasteiger partial charge in [0.15, 0.2) is 0 Å². The van der Waals surface area contributed by atoms with Gasteiger partial charge in [0.25, 0.3) is 0 Å². The second kappa shape index (κ2) is 5.44. The average Bonchev–Trinajstić information content (AvgIpc) is 2.26. The van der Waals surface area contributed by atoms with Gasteiger partial charge in [-0.25, -0.2) is 9.97 Å². The van der Waals surface area contributed by atoms with Crippen molar-refractivity contribution in [2.45, 2.75) is 26.2 Å². The van der Waals surface area contributed by atoms with Gasteiger partial charge in [-0.15, -0.1) is 0 Å². The molecule has 0 fully saturated rings. The molecule has 0 atom stereocenters. The number of hydrogen-bond acceptors (Lipinski definition) is 4. The second-order valence-corrected chi connectivity index (χ2v) is 3.99. The van der Waals surface area contributed by atoms with Gasteiger partial charge >= 0.3 is 5.97 Å². The molecule has 5 nitrogen and oxygen atoms in total. The summed E-state index contributed by atoms with van der Waals surface area (Å²) in [4.78, 5) is 20.8. The normalized spacial score (nSPS) is 10.5. The van der Waals surface area contributed by atoms with Crippen molar-refractivity contribution < 1.29 is 9.90 Å². The van der Waals surface area contributed by atoms with Gasteiger partial charge in [-0.2, -0.15) is 0 Å². The Labute approximate surface area is 95.1 Å². The first-order valence-electron chi connectivity index (χ1n) is 5.26. The minimum atomic E-state index is -0.801. The first-order valence-corrected chi connectivity index (χ1v) is 5.26. The lowest BCUT2D eigenvalue weighted by molar-refractivity contribution is -0.136. The van der Waals surface area contributed by atoms with E-state index in [-0.39, 0.29) is 12.3 Å². The molecule has 0 aliphatic rings. The van der Waals surface area contributed by atoms with Crippen LogP contribution in [0.3, 0.4) is 0 Å². The van der Waals surface area contributed by atoms with Crippen LogP contribution in [0.15, 0.2) is 12.3 Å². The zero-order valence-electron chi connectivity index (χ0n) is 9.84. The van der Waals surface area contributed by atoms with E-state index in [2.05, 4.69) is 9.97 Å². The van der Waals surface area contributed by atoms with Crippen LogP contribution in [0.1, 0.15) is 32.0 Å². The summed E-state index contributed by atoms with van der Waals surface area (Å²) in [5, 5.41) is 8.59. The lowest BCUT2D eigenvalue weighted by atomic mass is 10.2. The van der Waals surface area contributed by atoms with Crippen molar-refractivity contribution in [1.82, 2.24) is 9.97 Å². The molecule has 0 unspecified atom stereocenters. The molecular formula is C11H17N3O2. The highest BCUT2D eigenvalue weighted by Crippen LogP contribution is 2.13. The van der Waals surface area contributed by atoms with Gasteiger partial charge in [0, 0.05) is 25.7 Å². The molecule has 0 aromatic carbocycles. The van der Waals surface area contributed by atoms with E-state index in [9.17, 15) is 4.79 Å². The van der Waals surface area contributed by atoms with Crippen LogP contribution in [-0.2, 0) is 4.79 Å². The molecule has 1 heterocycles. The highest BCUT2D eigenvalue weighted by atomic mass is 16.4. The van der Waals surface area contributed by atoms with Gasteiger partial charge in [-0.3, -0.25) is 4.79 Å². The molecule has 0 saturated heterocycles. The molecule has 0 radical (unpaired) electrons. The van der Waals surface area contributed by atoms with E-state index in [0.29, 0.717) is 6.54 Å². The Morgan fingerprint density at radius 3 is 2.81 bits per heavy atom. The molecule has 0 amide bonds. The van der Waals surface area contributed by atoms with Crippen molar-refractivity contribution in [2.24, 2.45) is 0 Å². The van der Waals surface area contributed by atoms with Gasteiger partial charge in [0.1, 0.15) is 11.6 Å². The Bertz CT molecular complexity index is 366. The van der Waals surface area contributed by atoms with Crippen molar-refractivity contribution in [1.29, 1.82) is 0 Å². The van der Waals surface area contributed by atoms with Crippen LogP contribution >= 0.6 is 0 Å². The molecule has 0 aliphatic heterocycles. The van der Waals surface area contributed by atoms with E-state index < -0.39 is 5.97 Å². The van der Waals surface area contributed by atoms with Crippen molar-refractivity contribution in [2.75, 3.05) is 18.5 Å². The number of aromatic nitrogens is 2. The molecule has 1 aromatic heterocycles. The summed E-state index contributed by atoms with van der Waals surface area (Å²) in [5.74, 6) is 1.01. The Morgan fingerprint density at radius 2 is 2.25 bits per heavy atom. The molecule has 0 saturated carbocycles. The van der Waals surface area contributed by atoms with Gasteiger partial charge < -0.3 is 10.0 Å². The van der Waals surface area contributed by atoms with Crippen LogP contribution in [0.5, 0.6) is 0 Å². The van der Waals surface area contributed by atoms with E-state index in [4.69, 9.17) is 5.11 Å². The predicted molar refractivity (Wildman–Crippen MR) is 61.6 cm³/mol. The predicted octanol–water partition coefficient (Wildman–Crippen LogP) is 1.51. The number of nitrogens with zero attached hydrogens (tertiary/aromatic N) is 3. The zero-order valence-corrected chi connectivity index (χ0v) is 9.84. The first kappa shape index (κ1) is 12.4. The lowest BCUT2D eigenvalue weighted by Gasteiger charge is -2.17. The summed E-state index contributed by atoms with van der Waals surface area (Å²) in [7, 11) is 1.83. The number of rotatable bonds is 5. The summed E-state index contributed by atoms with van der Waals surface area (Å²) in [5.41, 5.74) is 0. The van der Waals surface area contributed by atoms with Crippen LogP contribution in [0, 0.1) is 0 Å². The maximum absolute atomic E-state index is 10.5. The Hall–Kier alpha value is -1.65. The fourth-order valence-electron chi connectivity index (χ4n) is 1.23. The van der Waals surface area contributed by atoms with Crippen LogP contribution in [0.25, 0.3) is 0 Å². The molecule has 5 heteroatoms. The van der Waals surface area contributed by atoms with E-state index in [1.807, 2.05) is 25.8 Å². The third-order valence-corrected chi connectivity index (χ3v) is 2.23. The first-order chi connectivity index (χ1) is 7.50. The van der Waals surface area contributed by atoms with Gasteiger partial charge in [0.05, 0.1) is 6.42 Å². The largest absolute Gasteiger partial charge is 0.481 e. The molecule has 16 heavy (non-hydrogen) atoms.